The molecule has 0 N–H and O–H groups in total. The summed E-state index contributed by atoms with van der Waals surface area (Å²) in [4.78, 5) is 0. The van der Waals surface area contributed by atoms with Gasteiger partial charge in [-0.05, 0) is 37.0 Å². The number of allylic oxidation sites excluding steroid dienone is 1. The van der Waals surface area contributed by atoms with E-state index in [4.69, 9.17) is 5.26 Å². The lowest BCUT2D eigenvalue weighted by atomic mass is 10.1. The van der Waals surface area contributed by atoms with Gasteiger partial charge in [0.25, 0.3) is 0 Å². The second-order valence-corrected chi connectivity index (χ2v) is 2.99. The Morgan fingerprint density at radius 1 is 1.46 bits per heavy atom. The summed E-state index contributed by atoms with van der Waals surface area (Å²) in [5.74, 6) is 0. The predicted octanol–water partition coefficient (Wildman–Crippen LogP) is 3.07. The molecule has 0 aliphatic rings. The van der Waals surface area contributed by atoms with Gasteiger partial charge in [0.05, 0.1) is 11.6 Å². The smallest absolute Gasteiger partial charge is 0.0991 e. The number of hydrogen-bond acceptors (Lipinski definition) is 1. The van der Waals surface area contributed by atoms with Crippen LogP contribution in [0.2, 0.25) is 0 Å². The number of nitriles is 1. The van der Waals surface area contributed by atoms with E-state index in [1.54, 1.807) is 0 Å². The monoisotopic (exact) mass is 171 g/mol. The zero-order chi connectivity index (χ0) is 9.52. The molecule has 0 aliphatic carbocycles. The van der Waals surface area contributed by atoms with E-state index >= 15 is 0 Å². The summed E-state index contributed by atoms with van der Waals surface area (Å²) in [7, 11) is 0. The van der Waals surface area contributed by atoms with Gasteiger partial charge in [-0.2, -0.15) is 5.26 Å². The maximum atomic E-state index is 8.67. The summed E-state index contributed by atoms with van der Waals surface area (Å²) in [5, 5.41) is 8.67. The van der Waals surface area contributed by atoms with Crippen LogP contribution in [0.25, 0.3) is 0 Å². The molecular weight excluding hydrogens is 158 g/mol. The van der Waals surface area contributed by atoms with Gasteiger partial charge in [-0.3, -0.25) is 0 Å². The van der Waals surface area contributed by atoms with Gasteiger partial charge < -0.3 is 0 Å². The van der Waals surface area contributed by atoms with Crippen LogP contribution >= 0.6 is 0 Å². The molecule has 0 aromatic heterocycles. The Labute approximate surface area is 79.3 Å². The molecule has 0 atom stereocenters. The highest BCUT2D eigenvalue weighted by Crippen LogP contribution is 2.07. The zero-order valence-corrected chi connectivity index (χ0v) is 7.66. The average molecular weight is 171 g/mol. The molecule has 0 fully saturated rings. The third kappa shape index (κ3) is 3.13. The summed E-state index contributed by atoms with van der Waals surface area (Å²) in [6.45, 7) is 3.67. The molecule has 0 bridgehead atoms. The summed E-state index contributed by atoms with van der Waals surface area (Å²) in [5.41, 5.74) is 1.98. The third-order valence-corrected chi connectivity index (χ3v) is 1.93. The van der Waals surface area contributed by atoms with Crippen LogP contribution in [-0.4, -0.2) is 0 Å². The Hall–Kier alpha value is -1.55. The first kappa shape index (κ1) is 9.54. The minimum Gasteiger partial charge on any atom is -0.192 e. The van der Waals surface area contributed by atoms with Crippen LogP contribution < -0.4 is 0 Å². The first-order valence-corrected chi connectivity index (χ1v) is 4.47. The van der Waals surface area contributed by atoms with Gasteiger partial charge in [-0.25, -0.2) is 0 Å². The van der Waals surface area contributed by atoms with Crippen molar-refractivity contribution < 1.29 is 0 Å². The van der Waals surface area contributed by atoms with E-state index in [1.807, 2.05) is 24.3 Å². The fraction of sp³-hybridized carbons (Fsp3) is 0.250. The molecule has 1 nitrogen and oxygen atoms in total. The predicted molar refractivity (Wildman–Crippen MR) is 54.3 cm³/mol. The quantitative estimate of drug-likeness (QED) is 0.504. The van der Waals surface area contributed by atoms with Crippen LogP contribution in [0.15, 0.2) is 36.9 Å². The maximum absolute atomic E-state index is 8.67. The van der Waals surface area contributed by atoms with E-state index in [0.717, 1.165) is 24.8 Å². The summed E-state index contributed by atoms with van der Waals surface area (Å²) in [6, 6.07) is 9.91. The van der Waals surface area contributed by atoms with Gasteiger partial charge in [0.15, 0.2) is 0 Å². The zero-order valence-electron chi connectivity index (χ0n) is 7.66. The maximum Gasteiger partial charge on any atom is 0.0991 e. The molecule has 0 aliphatic heterocycles. The lowest BCUT2D eigenvalue weighted by molar-refractivity contribution is 0.844. The van der Waals surface area contributed by atoms with Gasteiger partial charge in [0.1, 0.15) is 0 Å². The minimum absolute atomic E-state index is 0.746. The number of hydrogen-bond donors (Lipinski definition) is 0. The van der Waals surface area contributed by atoms with Crippen LogP contribution in [0.1, 0.15) is 24.0 Å². The molecule has 13 heavy (non-hydrogen) atoms. The number of rotatable bonds is 4. The Balaban J connectivity index is 2.57. The summed E-state index contributed by atoms with van der Waals surface area (Å²) in [6.07, 6.45) is 5.10. The van der Waals surface area contributed by atoms with Gasteiger partial charge in [0, 0.05) is 0 Å². The van der Waals surface area contributed by atoms with Gasteiger partial charge in [-0.15, -0.1) is 6.58 Å². The van der Waals surface area contributed by atoms with Gasteiger partial charge in [0.2, 0.25) is 0 Å². The van der Waals surface area contributed by atoms with E-state index in [2.05, 4.69) is 18.7 Å². The van der Waals surface area contributed by atoms with Crippen molar-refractivity contribution in [2.24, 2.45) is 0 Å². The van der Waals surface area contributed by atoms with Crippen molar-refractivity contribution in [1.82, 2.24) is 0 Å². The largest absolute Gasteiger partial charge is 0.192 e. The van der Waals surface area contributed by atoms with E-state index in [1.165, 1.54) is 5.56 Å². The number of nitrogens with zero attached hydrogens (tertiary/aromatic N) is 1. The molecule has 0 saturated carbocycles. The molecule has 66 valence electrons. The van der Waals surface area contributed by atoms with Crippen LogP contribution in [0.3, 0.4) is 0 Å². The van der Waals surface area contributed by atoms with Crippen molar-refractivity contribution in [3.8, 4) is 6.07 Å². The average Bonchev–Trinajstić information content (AvgIpc) is 2.19. The molecular formula is C12H13N. The number of benzene rings is 1. The minimum atomic E-state index is 0.746. The molecule has 0 radical (unpaired) electrons. The highest BCUT2D eigenvalue weighted by molar-refractivity contribution is 5.32. The molecule has 0 unspecified atom stereocenters. The number of unbranched alkanes of at least 4 members (excludes halogenated alkanes) is 1. The SMILES string of the molecule is C=CCCCc1cccc(C#N)c1. The first-order chi connectivity index (χ1) is 6.36. The molecule has 0 spiro atoms. The Kier molecular flexibility index (Phi) is 3.78. The highest BCUT2D eigenvalue weighted by atomic mass is 14.2. The van der Waals surface area contributed by atoms with Crippen molar-refractivity contribution >= 4 is 0 Å². The third-order valence-electron chi connectivity index (χ3n) is 1.93. The van der Waals surface area contributed by atoms with Crippen molar-refractivity contribution in [2.75, 3.05) is 0 Å². The van der Waals surface area contributed by atoms with Crippen molar-refractivity contribution in [2.45, 2.75) is 19.3 Å². The molecule has 1 rings (SSSR count). The van der Waals surface area contributed by atoms with Crippen molar-refractivity contribution in [3.63, 3.8) is 0 Å². The Bertz CT molecular complexity index is 320. The number of aryl methyl sites for hydroxylation is 1. The molecule has 0 heterocycles. The topological polar surface area (TPSA) is 23.8 Å². The van der Waals surface area contributed by atoms with Crippen LogP contribution in [-0.2, 0) is 6.42 Å². The van der Waals surface area contributed by atoms with E-state index in [9.17, 15) is 0 Å². The molecule has 1 aromatic carbocycles. The fourth-order valence-corrected chi connectivity index (χ4v) is 1.25. The van der Waals surface area contributed by atoms with E-state index in [-0.39, 0.29) is 0 Å². The Morgan fingerprint density at radius 3 is 3.00 bits per heavy atom. The highest BCUT2D eigenvalue weighted by Gasteiger charge is 1.93. The molecule has 0 amide bonds. The van der Waals surface area contributed by atoms with Crippen LogP contribution in [0, 0.1) is 11.3 Å². The molecule has 1 heteroatoms. The second kappa shape index (κ2) is 5.16. The second-order valence-electron chi connectivity index (χ2n) is 2.99. The standard InChI is InChI=1S/C12H13N/c1-2-3-4-6-11-7-5-8-12(9-11)10-13/h2,5,7-9H,1,3-4,6H2. The Morgan fingerprint density at radius 2 is 2.31 bits per heavy atom. The first-order valence-electron chi connectivity index (χ1n) is 4.47. The van der Waals surface area contributed by atoms with E-state index < -0.39 is 0 Å². The lowest BCUT2D eigenvalue weighted by Crippen LogP contribution is -1.85. The molecule has 1 aromatic rings. The summed E-state index contributed by atoms with van der Waals surface area (Å²) >= 11 is 0. The van der Waals surface area contributed by atoms with Gasteiger partial charge in [-0.1, -0.05) is 18.2 Å². The molecule has 0 saturated heterocycles. The van der Waals surface area contributed by atoms with Crippen LogP contribution in [0.4, 0.5) is 0 Å². The van der Waals surface area contributed by atoms with Crippen molar-refractivity contribution in [3.05, 3.63) is 48.0 Å². The van der Waals surface area contributed by atoms with E-state index in [0.29, 0.717) is 0 Å². The van der Waals surface area contributed by atoms with Crippen molar-refractivity contribution in [1.29, 1.82) is 5.26 Å². The normalized spacial score (nSPS) is 9.15. The van der Waals surface area contributed by atoms with Crippen LogP contribution in [0.5, 0.6) is 0 Å². The fourth-order valence-electron chi connectivity index (χ4n) is 1.25. The van der Waals surface area contributed by atoms with Gasteiger partial charge >= 0.3 is 0 Å². The lowest BCUT2D eigenvalue weighted by Gasteiger charge is -1.99. The summed E-state index contributed by atoms with van der Waals surface area (Å²) < 4.78 is 0.